The van der Waals surface area contributed by atoms with Crippen molar-refractivity contribution in [1.82, 2.24) is 5.32 Å². The Hall–Kier alpha value is -1.90. The number of benzene rings is 1. The number of halogens is 3. The highest BCUT2D eigenvalue weighted by Gasteiger charge is 2.21. The average Bonchev–Trinajstić information content (AvgIpc) is 2.58. The van der Waals surface area contributed by atoms with Gasteiger partial charge in [-0.05, 0) is 24.6 Å². The van der Waals surface area contributed by atoms with Gasteiger partial charge in [-0.2, -0.15) is 0 Å². The van der Waals surface area contributed by atoms with E-state index >= 15 is 0 Å². The maximum absolute atomic E-state index is 12.0. The maximum atomic E-state index is 12.0. The number of amides is 2. The van der Waals surface area contributed by atoms with Gasteiger partial charge in [0.2, 0.25) is 0 Å². The summed E-state index contributed by atoms with van der Waals surface area (Å²) in [4.78, 5) is 35.6. The molecule has 11 heteroatoms. The molecule has 0 aliphatic rings. The van der Waals surface area contributed by atoms with E-state index in [1.54, 1.807) is 12.1 Å². The number of nitrogens with zero attached hydrogens (tertiary/aromatic N) is 1. The molecule has 0 aromatic heterocycles. The summed E-state index contributed by atoms with van der Waals surface area (Å²) in [5, 5.41) is 22.7. The predicted molar refractivity (Wildman–Crippen MR) is 106 cm³/mol. The molecule has 8 nitrogen and oxygen atoms in total. The van der Waals surface area contributed by atoms with Gasteiger partial charge in [0.1, 0.15) is 6.04 Å². The van der Waals surface area contributed by atoms with E-state index in [9.17, 15) is 14.4 Å². The molecule has 0 spiro atoms. The van der Waals surface area contributed by atoms with E-state index in [1.807, 2.05) is 4.90 Å². The van der Waals surface area contributed by atoms with Crippen LogP contribution in [0.2, 0.25) is 5.02 Å². The summed E-state index contributed by atoms with van der Waals surface area (Å²) in [7, 11) is 0. The Morgan fingerprint density at radius 1 is 1.11 bits per heavy atom. The molecule has 27 heavy (non-hydrogen) atoms. The molecule has 1 atom stereocenters. The topological polar surface area (TPSA) is 119 Å². The van der Waals surface area contributed by atoms with Gasteiger partial charge in [0.25, 0.3) is 0 Å². The molecule has 1 aromatic rings. The minimum absolute atomic E-state index is 0.233. The third-order valence-electron chi connectivity index (χ3n) is 3.51. The van der Waals surface area contributed by atoms with Gasteiger partial charge in [0, 0.05) is 37.0 Å². The highest BCUT2D eigenvalue weighted by atomic mass is 35.5. The normalized spacial score (nSPS) is 11.5. The van der Waals surface area contributed by atoms with Gasteiger partial charge in [-0.3, -0.25) is 4.79 Å². The third kappa shape index (κ3) is 8.11. The first-order chi connectivity index (χ1) is 12.8. The zero-order chi connectivity index (χ0) is 20.4. The van der Waals surface area contributed by atoms with E-state index < -0.39 is 24.0 Å². The number of carboxylic acids is 2. The van der Waals surface area contributed by atoms with Crippen molar-refractivity contribution < 1.29 is 24.6 Å². The smallest absolute Gasteiger partial charge is 0.326 e. The van der Waals surface area contributed by atoms with Gasteiger partial charge in [0.05, 0.1) is 10.7 Å². The van der Waals surface area contributed by atoms with Crippen LogP contribution >= 0.6 is 34.8 Å². The van der Waals surface area contributed by atoms with Crippen LogP contribution in [0.1, 0.15) is 12.8 Å². The number of nitrogens with one attached hydrogen (secondary N) is 2. The largest absolute Gasteiger partial charge is 0.481 e. The Kier molecular flexibility index (Phi) is 10.1. The zero-order valence-corrected chi connectivity index (χ0v) is 16.5. The van der Waals surface area contributed by atoms with E-state index in [-0.39, 0.29) is 12.8 Å². The van der Waals surface area contributed by atoms with Gasteiger partial charge in [-0.25, -0.2) is 9.59 Å². The molecule has 0 unspecified atom stereocenters. The van der Waals surface area contributed by atoms with Crippen molar-refractivity contribution >= 4 is 64.1 Å². The molecule has 2 amide bonds. The van der Waals surface area contributed by atoms with Crippen molar-refractivity contribution in [1.29, 1.82) is 0 Å². The summed E-state index contributed by atoms with van der Waals surface area (Å²) in [5.74, 6) is -1.69. The molecule has 0 fully saturated rings. The van der Waals surface area contributed by atoms with Gasteiger partial charge >= 0.3 is 18.0 Å². The van der Waals surface area contributed by atoms with Crippen molar-refractivity contribution in [3.05, 3.63) is 23.2 Å². The summed E-state index contributed by atoms with van der Waals surface area (Å²) < 4.78 is 0. The van der Waals surface area contributed by atoms with E-state index in [0.29, 0.717) is 41.2 Å². The summed E-state index contributed by atoms with van der Waals surface area (Å²) in [6.07, 6.45) is -0.613. The zero-order valence-electron chi connectivity index (χ0n) is 14.3. The van der Waals surface area contributed by atoms with Gasteiger partial charge in [-0.15, -0.1) is 23.2 Å². The molecule has 0 radical (unpaired) electrons. The van der Waals surface area contributed by atoms with E-state index in [1.165, 1.54) is 6.07 Å². The fourth-order valence-corrected chi connectivity index (χ4v) is 2.96. The number of rotatable bonds is 11. The number of aliphatic carboxylic acids is 2. The molecule has 0 aliphatic heterocycles. The molecular formula is C16H20Cl3N3O5. The molecule has 1 rings (SSSR count). The Morgan fingerprint density at radius 3 is 2.22 bits per heavy atom. The van der Waals surface area contributed by atoms with Crippen LogP contribution in [0.3, 0.4) is 0 Å². The SMILES string of the molecule is O=C(O)CC[C@H](NC(=O)Nc1ccc(N(CCCl)CCCl)c(Cl)c1)C(=O)O. The highest BCUT2D eigenvalue weighted by molar-refractivity contribution is 6.33. The van der Waals surface area contributed by atoms with E-state index in [0.717, 1.165) is 0 Å². The second kappa shape index (κ2) is 11.7. The second-order valence-corrected chi connectivity index (χ2v) is 6.62. The van der Waals surface area contributed by atoms with Crippen molar-refractivity contribution in [2.45, 2.75) is 18.9 Å². The van der Waals surface area contributed by atoms with Crippen LogP contribution in [0.5, 0.6) is 0 Å². The predicted octanol–water partition coefficient (Wildman–Crippen LogP) is 3.06. The minimum Gasteiger partial charge on any atom is -0.481 e. The lowest BCUT2D eigenvalue weighted by molar-refractivity contribution is -0.140. The van der Waals surface area contributed by atoms with Gasteiger partial charge in [0.15, 0.2) is 0 Å². The molecule has 0 bridgehead atoms. The number of carbonyl (C=O) groups excluding carboxylic acids is 1. The second-order valence-electron chi connectivity index (χ2n) is 5.45. The summed E-state index contributed by atoms with van der Waals surface area (Å²) in [5.41, 5.74) is 1.05. The fraction of sp³-hybridized carbons (Fsp3) is 0.438. The van der Waals surface area contributed by atoms with E-state index in [2.05, 4.69) is 10.6 Å². The lowest BCUT2D eigenvalue weighted by Crippen LogP contribution is -2.43. The Bertz CT molecular complexity index is 669. The number of alkyl halides is 2. The van der Waals surface area contributed by atoms with Crippen molar-refractivity contribution in [2.24, 2.45) is 0 Å². The monoisotopic (exact) mass is 439 g/mol. The molecular weight excluding hydrogens is 421 g/mol. The first kappa shape index (κ1) is 23.1. The molecule has 0 aliphatic carbocycles. The quantitative estimate of drug-likeness (QED) is 0.393. The number of urea groups is 1. The standard InChI is InChI=1S/C16H20Cl3N3O5/c17-5-7-22(8-6-18)13-3-1-10(9-11(13)19)20-16(27)21-12(15(25)26)2-4-14(23)24/h1,3,9,12H,2,4-8H2,(H,23,24)(H,25,26)(H2,20,21,27)/t12-/m0/s1. The van der Waals surface area contributed by atoms with Crippen LogP contribution in [-0.2, 0) is 9.59 Å². The van der Waals surface area contributed by atoms with Crippen LogP contribution in [0.25, 0.3) is 0 Å². The first-order valence-electron chi connectivity index (χ1n) is 7.97. The summed E-state index contributed by atoms with van der Waals surface area (Å²) in [6.45, 7) is 1.09. The number of anilines is 2. The molecule has 1 aromatic carbocycles. The van der Waals surface area contributed by atoms with Crippen molar-refractivity contribution in [2.75, 3.05) is 35.1 Å². The lowest BCUT2D eigenvalue weighted by atomic mass is 10.1. The Morgan fingerprint density at radius 2 is 1.74 bits per heavy atom. The van der Waals surface area contributed by atoms with Gasteiger partial charge < -0.3 is 25.7 Å². The molecule has 0 saturated heterocycles. The number of carboxylic acid groups (broad SMARTS) is 2. The molecule has 0 heterocycles. The van der Waals surface area contributed by atoms with Crippen molar-refractivity contribution in [3.63, 3.8) is 0 Å². The molecule has 0 saturated carbocycles. The Labute approximate surface area is 171 Å². The fourth-order valence-electron chi connectivity index (χ4n) is 2.25. The molecule has 150 valence electrons. The van der Waals surface area contributed by atoms with Crippen molar-refractivity contribution in [3.8, 4) is 0 Å². The van der Waals surface area contributed by atoms with Crippen LogP contribution in [0.4, 0.5) is 16.2 Å². The average molecular weight is 441 g/mol. The number of carbonyl (C=O) groups is 3. The third-order valence-corrected chi connectivity index (χ3v) is 4.15. The minimum atomic E-state index is -1.32. The highest BCUT2D eigenvalue weighted by Crippen LogP contribution is 2.29. The van der Waals surface area contributed by atoms with Crippen LogP contribution in [0, 0.1) is 0 Å². The first-order valence-corrected chi connectivity index (χ1v) is 9.41. The number of hydrogen-bond acceptors (Lipinski definition) is 4. The lowest BCUT2D eigenvalue weighted by Gasteiger charge is -2.24. The Balaban J connectivity index is 2.77. The van der Waals surface area contributed by atoms with Crippen LogP contribution in [0.15, 0.2) is 18.2 Å². The van der Waals surface area contributed by atoms with Gasteiger partial charge in [-0.1, -0.05) is 11.6 Å². The summed E-state index contributed by atoms with van der Waals surface area (Å²) in [6, 6.07) is 2.70. The van der Waals surface area contributed by atoms with Crippen LogP contribution in [-0.4, -0.2) is 59.1 Å². The van der Waals surface area contributed by atoms with Crippen LogP contribution < -0.4 is 15.5 Å². The summed E-state index contributed by atoms with van der Waals surface area (Å²) >= 11 is 17.8. The number of hydrogen-bond donors (Lipinski definition) is 4. The van der Waals surface area contributed by atoms with E-state index in [4.69, 9.17) is 45.0 Å². The molecule has 4 N–H and O–H groups in total. The maximum Gasteiger partial charge on any atom is 0.326 e.